The molecule has 0 saturated heterocycles. The number of hydrogen-bond donors (Lipinski definition) is 0. The Labute approximate surface area is 111 Å². The van der Waals surface area contributed by atoms with Gasteiger partial charge in [0.25, 0.3) is 11.8 Å². The number of carbonyl (C=O) groups excluding carboxylic acids is 2. The summed E-state index contributed by atoms with van der Waals surface area (Å²) in [4.78, 5) is 29.8. The van der Waals surface area contributed by atoms with Crippen molar-refractivity contribution in [1.82, 2.24) is 4.90 Å². The lowest BCUT2D eigenvalue weighted by Gasteiger charge is -2.13. The van der Waals surface area contributed by atoms with Crippen LogP contribution in [-0.4, -0.2) is 29.5 Å². The molecule has 0 bridgehead atoms. The summed E-state index contributed by atoms with van der Waals surface area (Å²) < 4.78 is 0. The number of allylic oxidation sites excluding steroid dienone is 2. The normalized spacial score (nSPS) is 17.1. The van der Waals surface area contributed by atoms with Gasteiger partial charge in [-0.15, -0.1) is 0 Å². The van der Waals surface area contributed by atoms with E-state index in [-0.39, 0.29) is 11.8 Å². The minimum atomic E-state index is -0.176. The zero-order valence-electron chi connectivity index (χ0n) is 10.5. The molecule has 0 radical (unpaired) electrons. The molecule has 1 aromatic carbocycles. The standard InChI is InChI=1S/C15H14N2O2/c18-14-12-7-1-2-8-13(12)15(19)17(14)10-4-6-11-5-3-9-16-11/h1-2,5,7-9H,3-4,6,10H2. The molecule has 19 heavy (non-hydrogen) atoms. The quantitative estimate of drug-likeness (QED) is 0.775. The SMILES string of the molecule is O=C1c2ccccc2C(=O)N1CCCC1=CCC=N1. The van der Waals surface area contributed by atoms with Crippen LogP contribution in [0.5, 0.6) is 0 Å². The Morgan fingerprint density at radius 2 is 1.79 bits per heavy atom. The van der Waals surface area contributed by atoms with Crippen LogP contribution in [0.25, 0.3) is 0 Å². The van der Waals surface area contributed by atoms with Crippen molar-refractivity contribution in [2.75, 3.05) is 6.54 Å². The molecule has 3 rings (SSSR count). The fourth-order valence-corrected chi connectivity index (χ4v) is 2.44. The molecule has 0 unspecified atom stereocenters. The van der Waals surface area contributed by atoms with Crippen LogP contribution in [0.15, 0.2) is 41.0 Å². The Morgan fingerprint density at radius 1 is 1.11 bits per heavy atom. The van der Waals surface area contributed by atoms with E-state index in [1.165, 1.54) is 4.90 Å². The van der Waals surface area contributed by atoms with Crippen molar-refractivity contribution in [2.24, 2.45) is 4.99 Å². The molecular weight excluding hydrogens is 240 g/mol. The second-order valence-corrected chi connectivity index (χ2v) is 4.65. The summed E-state index contributed by atoms with van der Waals surface area (Å²) in [6.45, 7) is 0.458. The van der Waals surface area contributed by atoms with Gasteiger partial charge in [0.05, 0.1) is 11.1 Å². The fourth-order valence-electron chi connectivity index (χ4n) is 2.44. The number of benzene rings is 1. The van der Waals surface area contributed by atoms with E-state index in [2.05, 4.69) is 11.1 Å². The van der Waals surface area contributed by atoms with E-state index in [1.54, 1.807) is 24.3 Å². The molecule has 0 atom stereocenters. The van der Waals surface area contributed by atoms with E-state index in [4.69, 9.17) is 0 Å². The van der Waals surface area contributed by atoms with Crippen LogP contribution in [0.3, 0.4) is 0 Å². The molecule has 96 valence electrons. The van der Waals surface area contributed by atoms with Crippen molar-refractivity contribution in [3.05, 3.63) is 47.2 Å². The summed E-state index contributed by atoms with van der Waals surface area (Å²) >= 11 is 0. The number of hydrogen-bond acceptors (Lipinski definition) is 3. The third-order valence-electron chi connectivity index (χ3n) is 3.41. The Morgan fingerprint density at radius 3 is 2.37 bits per heavy atom. The van der Waals surface area contributed by atoms with Gasteiger partial charge in [0.2, 0.25) is 0 Å². The highest BCUT2D eigenvalue weighted by Gasteiger charge is 2.34. The highest BCUT2D eigenvalue weighted by Crippen LogP contribution is 2.23. The summed E-state index contributed by atoms with van der Waals surface area (Å²) in [5.74, 6) is -0.353. The molecule has 2 aliphatic rings. The number of amides is 2. The monoisotopic (exact) mass is 254 g/mol. The van der Waals surface area contributed by atoms with Gasteiger partial charge < -0.3 is 0 Å². The summed E-state index contributed by atoms with van der Waals surface area (Å²) in [5, 5.41) is 0. The molecule has 0 aliphatic carbocycles. The molecule has 0 N–H and O–H groups in total. The van der Waals surface area contributed by atoms with E-state index in [0.717, 1.165) is 25.0 Å². The first kappa shape index (κ1) is 11.8. The van der Waals surface area contributed by atoms with E-state index in [9.17, 15) is 9.59 Å². The second kappa shape index (κ2) is 4.80. The number of aliphatic imine (C=N–C) groups is 1. The van der Waals surface area contributed by atoms with Crippen molar-refractivity contribution in [1.29, 1.82) is 0 Å². The second-order valence-electron chi connectivity index (χ2n) is 4.65. The molecule has 0 saturated carbocycles. The minimum absolute atomic E-state index is 0.176. The van der Waals surface area contributed by atoms with Gasteiger partial charge in [-0.05, 0) is 25.0 Å². The molecule has 2 heterocycles. The molecule has 2 amide bonds. The highest BCUT2D eigenvalue weighted by atomic mass is 16.2. The van der Waals surface area contributed by atoms with Crippen LogP contribution in [0.2, 0.25) is 0 Å². The van der Waals surface area contributed by atoms with Crippen LogP contribution in [0.1, 0.15) is 40.0 Å². The Kier molecular flexibility index (Phi) is 2.99. The van der Waals surface area contributed by atoms with Crippen molar-refractivity contribution >= 4 is 18.0 Å². The molecule has 1 aromatic rings. The average molecular weight is 254 g/mol. The summed E-state index contributed by atoms with van der Waals surface area (Å²) in [7, 11) is 0. The van der Waals surface area contributed by atoms with Gasteiger partial charge in [-0.3, -0.25) is 19.5 Å². The van der Waals surface area contributed by atoms with Gasteiger partial charge in [-0.2, -0.15) is 0 Å². The first-order valence-electron chi connectivity index (χ1n) is 6.44. The lowest BCUT2D eigenvalue weighted by molar-refractivity contribution is 0.0652. The van der Waals surface area contributed by atoms with Gasteiger partial charge in [0.15, 0.2) is 0 Å². The zero-order valence-corrected chi connectivity index (χ0v) is 10.5. The first-order chi connectivity index (χ1) is 9.27. The van der Waals surface area contributed by atoms with Crippen molar-refractivity contribution < 1.29 is 9.59 Å². The third-order valence-corrected chi connectivity index (χ3v) is 3.41. The Bertz CT molecular complexity index is 567. The highest BCUT2D eigenvalue weighted by molar-refractivity contribution is 6.21. The maximum Gasteiger partial charge on any atom is 0.261 e. The van der Waals surface area contributed by atoms with E-state index in [0.29, 0.717) is 17.7 Å². The topological polar surface area (TPSA) is 49.7 Å². The molecule has 4 nitrogen and oxygen atoms in total. The minimum Gasteiger partial charge on any atom is -0.274 e. The molecule has 0 spiro atoms. The smallest absolute Gasteiger partial charge is 0.261 e. The van der Waals surface area contributed by atoms with Crippen molar-refractivity contribution in [3.8, 4) is 0 Å². The van der Waals surface area contributed by atoms with Gasteiger partial charge in [0.1, 0.15) is 0 Å². The maximum absolute atomic E-state index is 12.1. The van der Waals surface area contributed by atoms with E-state index < -0.39 is 0 Å². The number of fused-ring (bicyclic) bond motifs is 1. The lowest BCUT2D eigenvalue weighted by Crippen LogP contribution is -2.30. The summed E-state index contributed by atoms with van der Waals surface area (Å²) in [5.41, 5.74) is 2.09. The average Bonchev–Trinajstić information content (AvgIpc) is 3.02. The first-order valence-corrected chi connectivity index (χ1v) is 6.44. The van der Waals surface area contributed by atoms with Crippen LogP contribution in [0.4, 0.5) is 0 Å². The third kappa shape index (κ3) is 2.10. The largest absolute Gasteiger partial charge is 0.274 e. The Hall–Kier alpha value is -2.23. The number of nitrogens with zero attached hydrogens (tertiary/aromatic N) is 2. The van der Waals surface area contributed by atoms with Crippen molar-refractivity contribution in [2.45, 2.75) is 19.3 Å². The van der Waals surface area contributed by atoms with Crippen LogP contribution < -0.4 is 0 Å². The van der Waals surface area contributed by atoms with Crippen molar-refractivity contribution in [3.63, 3.8) is 0 Å². The zero-order chi connectivity index (χ0) is 13.2. The van der Waals surface area contributed by atoms with Gasteiger partial charge in [-0.25, -0.2) is 0 Å². The number of carbonyl (C=O) groups is 2. The molecule has 0 fully saturated rings. The van der Waals surface area contributed by atoms with Gasteiger partial charge in [0, 0.05) is 24.9 Å². The fraction of sp³-hybridized carbons (Fsp3) is 0.267. The van der Waals surface area contributed by atoms with Gasteiger partial charge in [-0.1, -0.05) is 18.2 Å². The molecule has 2 aliphatic heterocycles. The summed E-state index contributed by atoms with van der Waals surface area (Å²) in [6.07, 6.45) is 6.40. The van der Waals surface area contributed by atoms with E-state index in [1.807, 2.05) is 6.21 Å². The molecule has 4 heteroatoms. The van der Waals surface area contributed by atoms with Gasteiger partial charge >= 0.3 is 0 Å². The molecule has 0 aromatic heterocycles. The predicted molar refractivity (Wildman–Crippen MR) is 72.2 cm³/mol. The maximum atomic E-state index is 12.1. The van der Waals surface area contributed by atoms with Crippen LogP contribution >= 0.6 is 0 Å². The number of rotatable bonds is 4. The number of imide groups is 1. The lowest BCUT2D eigenvalue weighted by atomic mass is 10.1. The Balaban J connectivity index is 1.65. The summed E-state index contributed by atoms with van der Waals surface area (Å²) in [6, 6.07) is 6.98. The van der Waals surface area contributed by atoms with Crippen LogP contribution in [-0.2, 0) is 0 Å². The van der Waals surface area contributed by atoms with E-state index >= 15 is 0 Å². The van der Waals surface area contributed by atoms with Crippen LogP contribution in [0, 0.1) is 0 Å². The molecular formula is C15H14N2O2. The predicted octanol–water partition coefficient (Wildman–Crippen LogP) is 2.42.